The maximum Gasteiger partial charge on any atom is 0.228 e. The van der Waals surface area contributed by atoms with Gasteiger partial charge in [0.2, 0.25) is 11.8 Å². The number of ether oxygens (including phenoxy) is 1. The van der Waals surface area contributed by atoms with Crippen molar-refractivity contribution in [2.24, 2.45) is 11.8 Å². The van der Waals surface area contributed by atoms with E-state index in [2.05, 4.69) is 4.98 Å². The van der Waals surface area contributed by atoms with Crippen LogP contribution in [0.25, 0.3) is 0 Å². The van der Waals surface area contributed by atoms with Gasteiger partial charge >= 0.3 is 0 Å². The van der Waals surface area contributed by atoms with E-state index in [-0.39, 0.29) is 24.2 Å². The van der Waals surface area contributed by atoms with E-state index in [4.69, 9.17) is 4.74 Å². The van der Waals surface area contributed by atoms with Crippen molar-refractivity contribution in [1.29, 1.82) is 0 Å². The fraction of sp³-hybridized carbons (Fsp3) is 0.435. The summed E-state index contributed by atoms with van der Waals surface area (Å²) in [5.74, 6) is 2.20. The third-order valence-electron chi connectivity index (χ3n) is 5.87. The molecule has 2 aliphatic rings. The van der Waals surface area contributed by atoms with Crippen molar-refractivity contribution in [2.75, 3.05) is 37.4 Å². The minimum Gasteiger partial charge on any atom is -0.497 e. The van der Waals surface area contributed by atoms with Crippen LogP contribution in [-0.4, -0.2) is 54.2 Å². The molecule has 0 aliphatic carbocycles. The minimum atomic E-state index is -0.261. The fourth-order valence-electron chi connectivity index (χ4n) is 4.11. The molecule has 2 aliphatic heterocycles. The van der Waals surface area contributed by atoms with Crippen LogP contribution in [0.3, 0.4) is 0 Å². The lowest BCUT2D eigenvalue weighted by Crippen LogP contribution is -2.42. The lowest BCUT2D eigenvalue weighted by atomic mass is 9.97. The number of amides is 2. The summed E-state index contributed by atoms with van der Waals surface area (Å²) in [6, 6.07) is 13.4. The van der Waals surface area contributed by atoms with Crippen LogP contribution in [0.15, 0.2) is 53.7 Å². The number of benzene rings is 1. The Kier molecular flexibility index (Phi) is 6.57. The zero-order valence-corrected chi connectivity index (χ0v) is 18.0. The highest BCUT2D eigenvalue weighted by atomic mass is 32.2. The highest BCUT2D eigenvalue weighted by molar-refractivity contribution is 7.99. The number of aromatic nitrogens is 1. The number of hydrogen-bond acceptors (Lipinski definition) is 5. The predicted molar refractivity (Wildman–Crippen MR) is 118 cm³/mol. The average molecular weight is 426 g/mol. The molecule has 158 valence electrons. The van der Waals surface area contributed by atoms with Crippen LogP contribution in [0.2, 0.25) is 0 Å². The second kappa shape index (κ2) is 9.51. The molecule has 3 heterocycles. The van der Waals surface area contributed by atoms with E-state index in [0.717, 1.165) is 42.4 Å². The highest BCUT2D eigenvalue weighted by Gasteiger charge is 2.38. The molecule has 2 amide bonds. The topological polar surface area (TPSA) is 62.7 Å². The second-order valence-electron chi connectivity index (χ2n) is 7.85. The van der Waals surface area contributed by atoms with Crippen molar-refractivity contribution in [3.63, 3.8) is 0 Å². The van der Waals surface area contributed by atoms with Gasteiger partial charge in [0.15, 0.2) is 0 Å². The Morgan fingerprint density at radius 2 is 2.03 bits per heavy atom. The molecule has 6 nitrogen and oxygen atoms in total. The van der Waals surface area contributed by atoms with Gasteiger partial charge in [0.05, 0.1) is 18.1 Å². The first-order chi connectivity index (χ1) is 14.6. The Bertz CT molecular complexity index is 884. The van der Waals surface area contributed by atoms with E-state index in [1.54, 1.807) is 23.8 Å². The van der Waals surface area contributed by atoms with E-state index in [0.29, 0.717) is 18.2 Å². The molecule has 7 heteroatoms. The van der Waals surface area contributed by atoms with Crippen LogP contribution >= 0.6 is 11.8 Å². The van der Waals surface area contributed by atoms with Crippen molar-refractivity contribution < 1.29 is 14.3 Å². The van der Waals surface area contributed by atoms with Gasteiger partial charge in [-0.2, -0.15) is 0 Å². The Balaban J connectivity index is 1.28. The Morgan fingerprint density at radius 3 is 2.77 bits per heavy atom. The summed E-state index contributed by atoms with van der Waals surface area (Å²) in [7, 11) is 1.61. The van der Waals surface area contributed by atoms with Gasteiger partial charge in [-0.1, -0.05) is 12.1 Å². The van der Waals surface area contributed by atoms with Gasteiger partial charge in [-0.15, -0.1) is 11.8 Å². The number of piperidine rings is 1. The fourth-order valence-corrected chi connectivity index (χ4v) is 5.16. The first-order valence-electron chi connectivity index (χ1n) is 10.4. The maximum atomic E-state index is 13.0. The van der Waals surface area contributed by atoms with Gasteiger partial charge in [-0.3, -0.25) is 9.59 Å². The van der Waals surface area contributed by atoms with Crippen LogP contribution in [-0.2, 0) is 9.59 Å². The molecule has 0 bridgehead atoms. The molecule has 30 heavy (non-hydrogen) atoms. The van der Waals surface area contributed by atoms with Crippen LogP contribution in [0, 0.1) is 11.8 Å². The number of pyridine rings is 1. The lowest BCUT2D eigenvalue weighted by molar-refractivity contribution is -0.137. The second-order valence-corrected chi connectivity index (χ2v) is 8.89. The number of nitrogens with zero attached hydrogens (tertiary/aromatic N) is 3. The van der Waals surface area contributed by atoms with Crippen molar-refractivity contribution in [3.8, 4) is 5.75 Å². The molecule has 0 radical (unpaired) electrons. The number of carbonyl (C=O) groups excluding carboxylic acids is 2. The number of carbonyl (C=O) groups is 2. The van der Waals surface area contributed by atoms with Gasteiger partial charge < -0.3 is 14.5 Å². The molecule has 1 aromatic carbocycles. The van der Waals surface area contributed by atoms with Crippen LogP contribution in [0.4, 0.5) is 5.69 Å². The summed E-state index contributed by atoms with van der Waals surface area (Å²) in [6.45, 7) is 1.99. The quantitative estimate of drug-likeness (QED) is 0.663. The van der Waals surface area contributed by atoms with Gasteiger partial charge in [0.1, 0.15) is 5.75 Å². The molecule has 0 saturated carbocycles. The summed E-state index contributed by atoms with van der Waals surface area (Å²) in [5, 5.41) is 1.05. The molecule has 1 atom stereocenters. The van der Waals surface area contributed by atoms with Gasteiger partial charge in [0, 0.05) is 49.8 Å². The molecule has 2 fully saturated rings. The molecule has 0 unspecified atom stereocenters. The molecule has 0 spiro atoms. The number of methoxy groups -OCH3 is 1. The van der Waals surface area contributed by atoms with Crippen LogP contribution < -0.4 is 9.64 Å². The van der Waals surface area contributed by atoms with Gasteiger partial charge in [-0.25, -0.2) is 4.98 Å². The minimum absolute atomic E-state index is 0.00301. The first-order valence-corrected chi connectivity index (χ1v) is 11.4. The van der Waals surface area contributed by atoms with Crippen LogP contribution in [0.1, 0.15) is 19.3 Å². The number of anilines is 1. The lowest BCUT2D eigenvalue weighted by Gasteiger charge is -2.33. The van der Waals surface area contributed by atoms with E-state index < -0.39 is 0 Å². The standard InChI is InChI=1S/C23H27N3O3S/c1-29-20-6-4-5-19(14-20)26-15-18(13-22(26)27)23(28)25-11-8-17(9-12-25)16-30-21-7-2-3-10-24-21/h2-7,10,14,17-18H,8-9,11-13,15-16H2,1H3/t18-/m1/s1. The third kappa shape index (κ3) is 4.78. The van der Waals surface area contributed by atoms with E-state index >= 15 is 0 Å². The molecule has 2 aromatic rings. The van der Waals surface area contributed by atoms with Crippen LogP contribution in [0.5, 0.6) is 5.75 Å². The number of hydrogen-bond donors (Lipinski definition) is 0. The molecule has 0 N–H and O–H groups in total. The molecule has 4 rings (SSSR count). The summed E-state index contributed by atoms with van der Waals surface area (Å²) >= 11 is 1.79. The zero-order chi connectivity index (χ0) is 20.9. The normalized spacial score (nSPS) is 19.9. The van der Waals surface area contributed by atoms with Gasteiger partial charge in [0.25, 0.3) is 0 Å². The van der Waals surface area contributed by atoms with Crippen molar-refractivity contribution in [3.05, 3.63) is 48.7 Å². The summed E-state index contributed by atoms with van der Waals surface area (Å²) in [4.78, 5) is 33.6. The van der Waals surface area contributed by atoms with Crippen molar-refractivity contribution in [2.45, 2.75) is 24.3 Å². The Labute approximate surface area is 181 Å². The SMILES string of the molecule is COc1cccc(N2C[C@H](C(=O)N3CCC(CSc4ccccn4)CC3)CC2=O)c1. The van der Waals surface area contributed by atoms with E-state index in [1.165, 1.54) is 0 Å². The summed E-state index contributed by atoms with van der Waals surface area (Å²) in [5.41, 5.74) is 0.792. The Morgan fingerprint density at radius 1 is 1.20 bits per heavy atom. The number of thioether (sulfide) groups is 1. The van der Waals surface area contributed by atoms with Crippen molar-refractivity contribution >= 4 is 29.3 Å². The summed E-state index contributed by atoms with van der Waals surface area (Å²) < 4.78 is 5.26. The third-order valence-corrected chi connectivity index (χ3v) is 7.05. The largest absolute Gasteiger partial charge is 0.497 e. The average Bonchev–Trinajstić information content (AvgIpc) is 3.20. The van der Waals surface area contributed by atoms with E-state index in [9.17, 15) is 9.59 Å². The molecular weight excluding hydrogens is 398 g/mol. The zero-order valence-electron chi connectivity index (χ0n) is 17.2. The van der Waals surface area contributed by atoms with Crippen molar-refractivity contribution in [1.82, 2.24) is 9.88 Å². The molecule has 1 aromatic heterocycles. The van der Waals surface area contributed by atoms with E-state index in [1.807, 2.05) is 53.6 Å². The molecule has 2 saturated heterocycles. The first kappa shape index (κ1) is 20.7. The smallest absolute Gasteiger partial charge is 0.228 e. The monoisotopic (exact) mass is 425 g/mol. The highest BCUT2D eigenvalue weighted by Crippen LogP contribution is 2.30. The predicted octanol–water partition coefficient (Wildman–Crippen LogP) is 3.47. The molecular formula is C23H27N3O3S. The number of likely N-dealkylation sites (tertiary alicyclic amines) is 1. The summed E-state index contributed by atoms with van der Waals surface area (Å²) in [6.07, 6.45) is 4.12. The Hall–Kier alpha value is -2.54. The van der Waals surface area contributed by atoms with Gasteiger partial charge in [-0.05, 0) is 43.0 Å². The maximum absolute atomic E-state index is 13.0. The number of rotatable bonds is 6.